The van der Waals surface area contributed by atoms with Crippen LogP contribution in [0.2, 0.25) is 10.0 Å². The number of fused-ring (bicyclic) bond motifs is 1. The highest BCUT2D eigenvalue weighted by Gasteiger charge is 2.24. The maximum atomic E-state index is 5.96. The van der Waals surface area contributed by atoms with Crippen LogP contribution in [-0.4, -0.2) is 6.61 Å². The summed E-state index contributed by atoms with van der Waals surface area (Å²) in [6.07, 6.45) is 0.730. The van der Waals surface area contributed by atoms with Crippen molar-refractivity contribution >= 4 is 28.9 Å². The van der Waals surface area contributed by atoms with Gasteiger partial charge in [0, 0.05) is 18.0 Å². The number of rotatable bonds is 0. The van der Waals surface area contributed by atoms with Gasteiger partial charge in [0.1, 0.15) is 5.75 Å². The van der Waals surface area contributed by atoms with Gasteiger partial charge in [-0.25, -0.2) is 0 Å². The minimum Gasteiger partial charge on any atom is -0.492 e. The van der Waals surface area contributed by atoms with E-state index in [9.17, 15) is 0 Å². The van der Waals surface area contributed by atoms with Crippen LogP contribution < -0.4 is 16.2 Å². The van der Waals surface area contributed by atoms with Gasteiger partial charge < -0.3 is 16.2 Å². The van der Waals surface area contributed by atoms with E-state index in [0.29, 0.717) is 28.1 Å². The number of hydrogen-bond acceptors (Lipinski definition) is 3. The van der Waals surface area contributed by atoms with Crippen molar-refractivity contribution in [3.63, 3.8) is 0 Å². The van der Waals surface area contributed by atoms with Gasteiger partial charge in [-0.3, -0.25) is 0 Å². The van der Waals surface area contributed by atoms with E-state index >= 15 is 0 Å². The van der Waals surface area contributed by atoms with Crippen molar-refractivity contribution in [1.82, 2.24) is 0 Å². The van der Waals surface area contributed by atoms with Crippen molar-refractivity contribution in [2.24, 2.45) is 5.73 Å². The Labute approximate surface area is 91.9 Å². The predicted octanol–water partition coefficient (Wildman–Crippen LogP) is 2.36. The summed E-state index contributed by atoms with van der Waals surface area (Å²) in [6, 6.07) is 1.44. The molecule has 0 radical (unpaired) electrons. The Hall–Kier alpha value is -0.640. The van der Waals surface area contributed by atoms with E-state index in [0.717, 1.165) is 12.0 Å². The van der Waals surface area contributed by atoms with Crippen LogP contribution in [0.15, 0.2) is 6.07 Å². The van der Waals surface area contributed by atoms with Crippen LogP contribution in [0.25, 0.3) is 0 Å². The lowest BCUT2D eigenvalue weighted by molar-refractivity contribution is 0.270. The van der Waals surface area contributed by atoms with Crippen molar-refractivity contribution < 1.29 is 4.74 Å². The first-order valence-electron chi connectivity index (χ1n) is 4.27. The summed E-state index contributed by atoms with van der Waals surface area (Å²) in [5.41, 5.74) is 12.9. The van der Waals surface area contributed by atoms with Crippen LogP contribution in [0, 0.1) is 0 Å². The Balaban J connectivity index is 2.67. The molecule has 1 aromatic rings. The van der Waals surface area contributed by atoms with Crippen LogP contribution in [0.5, 0.6) is 5.75 Å². The molecule has 3 nitrogen and oxygen atoms in total. The SMILES string of the molecule is Nc1c(Cl)cc(Cl)c2c1C(N)CCO2. The average Bonchev–Trinajstić information content (AvgIpc) is 2.14. The first kappa shape index (κ1) is 9.90. The molecule has 4 N–H and O–H groups in total. The average molecular weight is 233 g/mol. The standard InChI is InChI=1S/C9H10Cl2N2O/c10-4-3-5(11)9-7(8(4)13)6(12)1-2-14-9/h3,6H,1-2,12-13H2. The molecule has 1 aliphatic heterocycles. The molecule has 0 bridgehead atoms. The molecular formula is C9H10Cl2N2O. The summed E-state index contributed by atoms with van der Waals surface area (Å²) in [5.74, 6) is 0.576. The summed E-state index contributed by atoms with van der Waals surface area (Å²) in [7, 11) is 0. The lowest BCUT2D eigenvalue weighted by atomic mass is 9.99. The van der Waals surface area contributed by atoms with Crippen LogP contribution >= 0.6 is 23.2 Å². The highest BCUT2D eigenvalue weighted by molar-refractivity contribution is 6.37. The molecule has 1 heterocycles. The molecule has 0 saturated carbocycles. The molecule has 2 rings (SSSR count). The van der Waals surface area contributed by atoms with E-state index < -0.39 is 0 Å². The molecule has 0 spiro atoms. The van der Waals surface area contributed by atoms with Gasteiger partial charge in [-0.05, 0) is 6.07 Å². The lowest BCUT2D eigenvalue weighted by Gasteiger charge is -2.25. The molecule has 0 fully saturated rings. The predicted molar refractivity (Wildman–Crippen MR) is 57.9 cm³/mol. The van der Waals surface area contributed by atoms with Gasteiger partial charge in [0.05, 0.1) is 22.3 Å². The Bertz CT molecular complexity index is 382. The molecule has 1 atom stereocenters. The normalized spacial score (nSPS) is 20.1. The van der Waals surface area contributed by atoms with Gasteiger partial charge in [0.15, 0.2) is 0 Å². The van der Waals surface area contributed by atoms with Gasteiger partial charge in [-0.1, -0.05) is 23.2 Å². The number of hydrogen-bond donors (Lipinski definition) is 2. The molecule has 0 aromatic heterocycles. The van der Waals surface area contributed by atoms with E-state index in [4.69, 9.17) is 39.4 Å². The molecule has 0 saturated heterocycles. The second-order valence-electron chi connectivity index (χ2n) is 3.24. The molecule has 0 aliphatic carbocycles. The van der Waals surface area contributed by atoms with Crippen molar-refractivity contribution in [2.45, 2.75) is 12.5 Å². The highest BCUT2D eigenvalue weighted by Crippen LogP contribution is 2.43. The number of benzene rings is 1. The monoisotopic (exact) mass is 232 g/mol. The smallest absolute Gasteiger partial charge is 0.144 e. The van der Waals surface area contributed by atoms with Crippen LogP contribution in [0.3, 0.4) is 0 Å². The van der Waals surface area contributed by atoms with Crippen LogP contribution in [0.1, 0.15) is 18.0 Å². The quantitative estimate of drug-likeness (QED) is 0.676. The minimum absolute atomic E-state index is 0.144. The molecule has 76 valence electrons. The maximum Gasteiger partial charge on any atom is 0.144 e. The fourth-order valence-corrected chi connectivity index (χ4v) is 2.11. The van der Waals surface area contributed by atoms with Gasteiger partial charge in [0.25, 0.3) is 0 Å². The molecule has 0 amide bonds. The van der Waals surface area contributed by atoms with E-state index in [1.54, 1.807) is 6.07 Å². The fraction of sp³-hybridized carbons (Fsp3) is 0.333. The largest absolute Gasteiger partial charge is 0.492 e. The molecule has 1 unspecified atom stereocenters. The van der Waals surface area contributed by atoms with Crippen molar-refractivity contribution in [1.29, 1.82) is 0 Å². The second kappa shape index (κ2) is 3.50. The molecule has 14 heavy (non-hydrogen) atoms. The van der Waals surface area contributed by atoms with E-state index in [2.05, 4.69) is 0 Å². The van der Waals surface area contributed by atoms with Gasteiger partial charge in [-0.2, -0.15) is 0 Å². The van der Waals surface area contributed by atoms with Crippen LogP contribution in [0.4, 0.5) is 5.69 Å². The summed E-state index contributed by atoms with van der Waals surface area (Å²) in [4.78, 5) is 0. The molecule has 1 aliphatic rings. The highest BCUT2D eigenvalue weighted by atomic mass is 35.5. The third kappa shape index (κ3) is 1.41. The van der Waals surface area contributed by atoms with Gasteiger partial charge in [-0.15, -0.1) is 0 Å². The van der Waals surface area contributed by atoms with Crippen molar-refractivity contribution in [3.8, 4) is 5.75 Å². The van der Waals surface area contributed by atoms with Crippen molar-refractivity contribution in [3.05, 3.63) is 21.7 Å². The Morgan fingerprint density at radius 3 is 2.79 bits per heavy atom. The number of anilines is 1. The topological polar surface area (TPSA) is 61.3 Å². The first-order valence-corrected chi connectivity index (χ1v) is 5.02. The minimum atomic E-state index is -0.144. The maximum absolute atomic E-state index is 5.96. The summed E-state index contributed by atoms with van der Waals surface area (Å²) < 4.78 is 5.41. The van der Waals surface area contributed by atoms with Gasteiger partial charge in [0.2, 0.25) is 0 Å². The summed E-state index contributed by atoms with van der Waals surface area (Å²) in [6.45, 7) is 0.564. The van der Waals surface area contributed by atoms with Gasteiger partial charge >= 0.3 is 0 Å². The molecule has 1 aromatic carbocycles. The Kier molecular flexibility index (Phi) is 2.47. The lowest BCUT2D eigenvalue weighted by Crippen LogP contribution is -2.22. The summed E-state index contributed by atoms with van der Waals surface area (Å²) >= 11 is 11.9. The van der Waals surface area contributed by atoms with E-state index in [1.165, 1.54) is 0 Å². The zero-order valence-corrected chi connectivity index (χ0v) is 8.90. The molecule has 5 heteroatoms. The fourth-order valence-electron chi connectivity index (χ4n) is 1.58. The van der Waals surface area contributed by atoms with E-state index in [-0.39, 0.29) is 6.04 Å². The third-order valence-electron chi connectivity index (χ3n) is 2.31. The van der Waals surface area contributed by atoms with Crippen molar-refractivity contribution in [2.75, 3.05) is 12.3 Å². The van der Waals surface area contributed by atoms with Crippen LogP contribution in [-0.2, 0) is 0 Å². The zero-order valence-electron chi connectivity index (χ0n) is 7.39. The number of halogens is 2. The number of nitrogens with two attached hydrogens (primary N) is 2. The Morgan fingerprint density at radius 2 is 2.07 bits per heavy atom. The number of nitrogen functional groups attached to an aromatic ring is 1. The summed E-state index contributed by atoms with van der Waals surface area (Å²) in [5, 5.41) is 0.893. The second-order valence-corrected chi connectivity index (χ2v) is 4.05. The number of ether oxygens (including phenoxy) is 1. The van der Waals surface area contributed by atoms with E-state index in [1.807, 2.05) is 0 Å². The first-order chi connectivity index (χ1) is 6.61. The third-order valence-corrected chi connectivity index (χ3v) is 2.90. The molecular weight excluding hydrogens is 223 g/mol. The zero-order chi connectivity index (χ0) is 10.3. The Morgan fingerprint density at radius 1 is 1.36 bits per heavy atom.